The first kappa shape index (κ1) is 13.8. The number of hydrogen-bond donors (Lipinski definition) is 0. The first-order valence-electron chi connectivity index (χ1n) is 8.88. The Hall–Kier alpha value is -2.60. The minimum absolute atomic E-state index is 0.626. The molecule has 0 amide bonds. The molecule has 0 aliphatic heterocycles. The fraction of sp³-hybridized carbons (Fsp3) is 0.167. The smallest absolute Gasteiger partial charge is 0.00209 e. The van der Waals surface area contributed by atoms with Gasteiger partial charge in [-0.25, -0.2) is 0 Å². The molecule has 0 aromatic heterocycles. The quantitative estimate of drug-likeness (QED) is 0.566. The Morgan fingerprint density at radius 2 is 1.71 bits per heavy atom. The van der Waals surface area contributed by atoms with Gasteiger partial charge in [-0.3, -0.25) is 0 Å². The van der Waals surface area contributed by atoms with E-state index >= 15 is 0 Å². The van der Waals surface area contributed by atoms with Crippen LogP contribution in [0.3, 0.4) is 0 Å². The molecule has 2 aliphatic rings. The third-order valence-corrected chi connectivity index (χ3v) is 5.49. The van der Waals surface area contributed by atoms with Crippen LogP contribution in [0.4, 0.5) is 0 Å². The average Bonchev–Trinajstić information content (AvgIpc) is 2.67. The lowest BCUT2D eigenvalue weighted by Crippen LogP contribution is -2.33. The maximum absolute atomic E-state index is 2.45. The van der Waals surface area contributed by atoms with Crippen molar-refractivity contribution in [2.75, 3.05) is 0 Å². The Labute approximate surface area is 142 Å². The number of fused-ring (bicyclic) bond motifs is 4. The maximum Gasteiger partial charge on any atom is 0.00209 e. The number of allylic oxidation sites excluding steroid dienone is 2. The summed E-state index contributed by atoms with van der Waals surface area (Å²) < 4.78 is 0. The standard InChI is InChI=1S/C24H20/c1-2-6-17(7-3-1)20-11-10-19-13-14-22-21-9-5-4-8-18(21)12-15-23(22)24(19)16-20/h1-4,6-8,10-11,13-16,18H,5,9,12H2. The van der Waals surface area contributed by atoms with Crippen LogP contribution in [0.25, 0.3) is 33.5 Å². The second-order valence-electron chi connectivity index (χ2n) is 6.87. The molecule has 0 saturated carbocycles. The minimum Gasteiger partial charge on any atom is -0.0876 e. The zero-order valence-electron chi connectivity index (χ0n) is 13.7. The molecule has 0 nitrogen and oxygen atoms in total. The van der Waals surface area contributed by atoms with E-state index in [1.165, 1.54) is 45.2 Å². The van der Waals surface area contributed by atoms with Crippen LogP contribution in [0.5, 0.6) is 0 Å². The summed E-state index contributed by atoms with van der Waals surface area (Å²) in [6, 6.07) is 22.2. The van der Waals surface area contributed by atoms with Crippen LogP contribution >= 0.6 is 0 Å². The van der Waals surface area contributed by atoms with E-state index < -0.39 is 0 Å². The monoisotopic (exact) mass is 308 g/mol. The van der Waals surface area contributed by atoms with E-state index in [0.29, 0.717) is 5.92 Å². The summed E-state index contributed by atoms with van der Waals surface area (Å²) in [6.07, 6.45) is 10.8. The zero-order valence-corrected chi connectivity index (χ0v) is 13.7. The Bertz CT molecular complexity index is 1070. The topological polar surface area (TPSA) is 0 Å². The summed E-state index contributed by atoms with van der Waals surface area (Å²) in [7, 11) is 0. The summed E-state index contributed by atoms with van der Waals surface area (Å²) in [5.74, 6) is 0.626. The molecule has 5 rings (SSSR count). The van der Waals surface area contributed by atoms with E-state index in [0.717, 1.165) is 6.42 Å². The van der Waals surface area contributed by atoms with E-state index in [1.807, 2.05) is 0 Å². The van der Waals surface area contributed by atoms with Gasteiger partial charge < -0.3 is 0 Å². The highest BCUT2D eigenvalue weighted by Gasteiger charge is 2.18. The molecule has 0 radical (unpaired) electrons. The highest BCUT2D eigenvalue weighted by molar-refractivity contribution is 5.89. The number of hydrogen-bond acceptors (Lipinski definition) is 0. The van der Waals surface area contributed by atoms with Crippen molar-refractivity contribution >= 4 is 22.4 Å². The SMILES string of the molecule is C1=CC2CC=c3c(ccc4ccc(-c5ccccc5)cc34)=C2CC1. The number of rotatable bonds is 1. The summed E-state index contributed by atoms with van der Waals surface area (Å²) in [6.45, 7) is 0. The molecule has 0 spiro atoms. The molecule has 116 valence electrons. The van der Waals surface area contributed by atoms with Crippen LogP contribution in [0.2, 0.25) is 0 Å². The summed E-state index contributed by atoms with van der Waals surface area (Å²) in [5.41, 5.74) is 4.24. The van der Waals surface area contributed by atoms with Crippen LogP contribution in [0.1, 0.15) is 19.3 Å². The van der Waals surface area contributed by atoms with Crippen molar-refractivity contribution in [3.8, 4) is 11.1 Å². The predicted molar refractivity (Wildman–Crippen MR) is 103 cm³/mol. The van der Waals surface area contributed by atoms with E-state index in [1.54, 1.807) is 5.57 Å². The van der Waals surface area contributed by atoms with Gasteiger partial charge in [0.1, 0.15) is 0 Å². The van der Waals surface area contributed by atoms with Crippen molar-refractivity contribution in [3.63, 3.8) is 0 Å². The second-order valence-corrected chi connectivity index (χ2v) is 6.87. The largest absolute Gasteiger partial charge is 0.0876 e. The molecule has 1 unspecified atom stereocenters. The summed E-state index contributed by atoms with van der Waals surface area (Å²) in [5, 5.41) is 5.67. The van der Waals surface area contributed by atoms with Gasteiger partial charge in [-0.2, -0.15) is 0 Å². The minimum atomic E-state index is 0.626. The molecule has 3 aromatic carbocycles. The fourth-order valence-electron chi connectivity index (χ4n) is 4.25. The molecule has 0 bridgehead atoms. The third kappa shape index (κ3) is 2.14. The molecule has 0 heterocycles. The molecular formula is C24H20. The highest BCUT2D eigenvalue weighted by atomic mass is 14.2. The van der Waals surface area contributed by atoms with Crippen molar-refractivity contribution in [3.05, 3.63) is 83.3 Å². The second kappa shape index (κ2) is 5.49. The van der Waals surface area contributed by atoms with E-state index in [9.17, 15) is 0 Å². The zero-order chi connectivity index (χ0) is 15.9. The molecule has 0 fully saturated rings. The van der Waals surface area contributed by atoms with E-state index in [-0.39, 0.29) is 0 Å². The highest BCUT2D eigenvalue weighted by Crippen LogP contribution is 2.29. The van der Waals surface area contributed by atoms with Crippen LogP contribution in [-0.2, 0) is 0 Å². The molecule has 0 N–H and O–H groups in total. The lowest BCUT2D eigenvalue weighted by Gasteiger charge is -2.23. The van der Waals surface area contributed by atoms with Gasteiger partial charge in [0.25, 0.3) is 0 Å². The fourth-order valence-corrected chi connectivity index (χ4v) is 4.25. The number of benzene rings is 3. The molecular weight excluding hydrogens is 288 g/mol. The van der Waals surface area contributed by atoms with Crippen molar-refractivity contribution < 1.29 is 0 Å². The third-order valence-electron chi connectivity index (χ3n) is 5.49. The Kier molecular flexibility index (Phi) is 3.16. The molecule has 0 saturated heterocycles. The molecule has 24 heavy (non-hydrogen) atoms. The van der Waals surface area contributed by atoms with Gasteiger partial charge in [-0.05, 0) is 57.7 Å². The molecule has 2 aliphatic carbocycles. The van der Waals surface area contributed by atoms with Crippen LogP contribution in [0.15, 0.2) is 72.8 Å². The van der Waals surface area contributed by atoms with E-state index in [4.69, 9.17) is 0 Å². The Morgan fingerprint density at radius 3 is 2.62 bits per heavy atom. The Morgan fingerprint density at radius 1 is 0.833 bits per heavy atom. The van der Waals surface area contributed by atoms with Crippen LogP contribution in [-0.4, -0.2) is 0 Å². The molecule has 1 atom stereocenters. The maximum atomic E-state index is 2.45. The lowest BCUT2D eigenvalue weighted by atomic mass is 9.81. The van der Waals surface area contributed by atoms with Crippen LogP contribution in [0, 0.1) is 5.92 Å². The molecule has 0 heteroatoms. The first-order chi connectivity index (χ1) is 11.9. The normalized spacial score (nSPS) is 18.8. The van der Waals surface area contributed by atoms with Gasteiger partial charge in [-0.1, -0.05) is 78.4 Å². The van der Waals surface area contributed by atoms with Crippen molar-refractivity contribution in [2.24, 2.45) is 5.92 Å². The van der Waals surface area contributed by atoms with E-state index in [2.05, 4.69) is 78.9 Å². The van der Waals surface area contributed by atoms with Gasteiger partial charge >= 0.3 is 0 Å². The van der Waals surface area contributed by atoms with Crippen molar-refractivity contribution in [2.45, 2.75) is 19.3 Å². The summed E-state index contributed by atoms with van der Waals surface area (Å²) in [4.78, 5) is 0. The van der Waals surface area contributed by atoms with Gasteiger partial charge in [-0.15, -0.1) is 0 Å². The van der Waals surface area contributed by atoms with Crippen molar-refractivity contribution in [1.82, 2.24) is 0 Å². The van der Waals surface area contributed by atoms with Gasteiger partial charge in [0, 0.05) is 5.92 Å². The summed E-state index contributed by atoms with van der Waals surface area (Å²) >= 11 is 0. The Balaban J connectivity index is 1.81. The van der Waals surface area contributed by atoms with Gasteiger partial charge in [0.05, 0.1) is 0 Å². The molecule has 3 aromatic rings. The van der Waals surface area contributed by atoms with Crippen LogP contribution < -0.4 is 10.4 Å². The predicted octanol–water partition coefficient (Wildman–Crippen LogP) is 4.81. The first-order valence-corrected chi connectivity index (χ1v) is 8.88. The van der Waals surface area contributed by atoms with Gasteiger partial charge in [0.2, 0.25) is 0 Å². The average molecular weight is 308 g/mol. The van der Waals surface area contributed by atoms with Gasteiger partial charge in [0.15, 0.2) is 0 Å². The lowest BCUT2D eigenvalue weighted by molar-refractivity contribution is 0.777. The van der Waals surface area contributed by atoms with Crippen molar-refractivity contribution in [1.29, 1.82) is 0 Å².